The average molecular weight is 254 g/mol. The van der Waals surface area contributed by atoms with Gasteiger partial charge in [-0.3, -0.25) is 9.00 Å². The van der Waals surface area contributed by atoms with Gasteiger partial charge in [0.15, 0.2) is 0 Å². The van der Waals surface area contributed by atoms with Gasteiger partial charge in [-0.05, 0) is 31.5 Å². The highest BCUT2D eigenvalue weighted by molar-refractivity contribution is 7.85. The molecule has 17 heavy (non-hydrogen) atoms. The summed E-state index contributed by atoms with van der Waals surface area (Å²) in [6.07, 6.45) is 0.273. The third-order valence-corrected chi connectivity index (χ3v) is 3.97. The Labute approximate surface area is 104 Å². The summed E-state index contributed by atoms with van der Waals surface area (Å²) in [5.41, 5.74) is 7.22. The fourth-order valence-corrected chi connectivity index (χ4v) is 2.74. The first-order valence-corrected chi connectivity index (χ1v) is 6.88. The summed E-state index contributed by atoms with van der Waals surface area (Å²) in [6, 6.07) is 5.35. The molecule has 94 valence electrons. The van der Waals surface area contributed by atoms with Crippen LogP contribution in [-0.4, -0.2) is 22.4 Å². The van der Waals surface area contributed by atoms with Gasteiger partial charge in [0.1, 0.15) is 0 Å². The fraction of sp³-hybridized carbons (Fsp3) is 0.417. The van der Waals surface area contributed by atoms with E-state index >= 15 is 0 Å². The minimum Gasteiger partial charge on any atom is -0.398 e. The molecule has 0 aliphatic heterocycles. The van der Waals surface area contributed by atoms with Gasteiger partial charge < -0.3 is 11.1 Å². The van der Waals surface area contributed by atoms with Crippen LogP contribution >= 0.6 is 0 Å². The highest BCUT2D eigenvalue weighted by atomic mass is 32.2. The zero-order chi connectivity index (χ0) is 12.8. The van der Waals surface area contributed by atoms with Crippen LogP contribution in [0.15, 0.2) is 23.1 Å². The SMILES string of the molecule is CCNC(=O)CCS(=O)c1cccc(N)c1C. The molecule has 0 fully saturated rings. The van der Waals surface area contributed by atoms with Crippen molar-refractivity contribution in [1.82, 2.24) is 5.32 Å². The Balaban J connectivity index is 2.64. The first-order valence-electron chi connectivity index (χ1n) is 5.56. The molecule has 1 atom stereocenters. The molecule has 0 aliphatic carbocycles. The summed E-state index contributed by atoms with van der Waals surface area (Å²) in [5.74, 6) is 0.262. The van der Waals surface area contributed by atoms with Crippen LogP contribution in [0.2, 0.25) is 0 Å². The van der Waals surface area contributed by atoms with Gasteiger partial charge in [-0.2, -0.15) is 0 Å². The van der Waals surface area contributed by atoms with Crippen molar-refractivity contribution in [3.63, 3.8) is 0 Å². The molecule has 0 saturated carbocycles. The molecule has 4 nitrogen and oxygen atoms in total. The lowest BCUT2D eigenvalue weighted by Gasteiger charge is -2.08. The van der Waals surface area contributed by atoms with Crippen LogP contribution in [0.5, 0.6) is 0 Å². The molecule has 1 aromatic carbocycles. The van der Waals surface area contributed by atoms with E-state index in [2.05, 4.69) is 5.32 Å². The third kappa shape index (κ3) is 3.85. The highest BCUT2D eigenvalue weighted by Gasteiger charge is 2.10. The van der Waals surface area contributed by atoms with E-state index in [1.165, 1.54) is 0 Å². The van der Waals surface area contributed by atoms with Crippen LogP contribution in [0, 0.1) is 6.92 Å². The molecule has 5 heteroatoms. The number of anilines is 1. The Kier molecular flexibility index (Phi) is 5.15. The van der Waals surface area contributed by atoms with E-state index in [4.69, 9.17) is 5.73 Å². The molecule has 0 aromatic heterocycles. The van der Waals surface area contributed by atoms with Crippen LogP contribution in [0.25, 0.3) is 0 Å². The lowest BCUT2D eigenvalue weighted by atomic mass is 10.2. The minimum absolute atomic E-state index is 0.0672. The van der Waals surface area contributed by atoms with Crippen LogP contribution < -0.4 is 11.1 Å². The van der Waals surface area contributed by atoms with Crippen molar-refractivity contribution >= 4 is 22.4 Å². The number of hydrogen-bond acceptors (Lipinski definition) is 3. The van der Waals surface area contributed by atoms with E-state index < -0.39 is 10.8 Å². The molecule has 3 N–H and O–H groups in total. The monoisotopic (exact) mass is 254 g/mol. The van der Waals surface area contributed by atoms with Crippen LogP contribution in [0.1, 0.15) is 18.9 Å². The van der Waals surface area contributed by atoms with Gasteiger partial charge in [0, 0.05) is 29.3 Å². The largest absolute Gasteiger partial charge is 0.398 e. The number of nitrogens with two attached hydrogens (primary N) is 1. The second kappa shape index (κ2) is 6.39. The molecule has 1 unspecified atom stereocenters. The van der Waals surface area contributed by atoms with Gasteiger partial charge in [0.05, 0.1) is 10.8 Å². The lowest BCUT2D eigenvalue weighted by molar-refractivity contribution is -0.120. The fourth-order valence-electron chi connectivity index (χ4n) is 1.46. The van der Waals surface area contributed by atoms with Crippen molar-refractivity contribution in [2.24, 2.45) is 0 Å². The number of nitrogen functional groups attached to an aromatic ring is 1. The number of carbonyl (C=O) groups is 1. The maximum absolute atomic E-state index is 12.0. The first-order chi connectivity index (χ1) is 8.06. The zero-order valence-electron chi connectivity index (χ0n) is 10.2. The van der Waals surface area contributed by atoms with E-state index in [0.29, 0.717) is 22.9 Å². The molecule has 0 bridgehead atoms. The number of hydrogen-bond donors (Lipinski definition) is 2. The van der Waals surface area contributed by atoms with E-state index in [9.17, 15) is 9.00 Å². The van der Waals surface area contributed by atoms with Gasteiger partial charge in [-0.25, -0.2) is 0 Å². The van der Waals surface area contributed by atoms with Crippen LogP contribution in [0.3, 0.4) is 0 Å². The van der Waals surface area contributed by atoms with Crippen molar-refractivity contribution in [2.45, 2.75) is 25.2 Å². The molecular weight excluding hydrogens is 236 g/mol. The van der Waals surface area contributed by atoms with Crippen molar-refractivity contribution in [2.75, 3.05) is 18.0 Å². The van der Waals surface area contributed by atoms with Crippen LogP contribution in [0.4, 0.5) is 5.69 Å². The van der Waals surface area contributed by atoms with Crippen molar-refractivity contribution in [1.29, 1.82) is 0 Å². The summed E-state index contributed by atoms with van der Waals surface area (Å²) < 4.78 is 12.0. The summed E-state index contributed by atoms with van der Waals surface area (Å²) in [4.78, 5) is 12.0. The summed E-state index contributed by atoms with van der Waals surface area (Å²) in [5, 5.41) is 2.68. The standard InChI is InChI=1S/C12H18N2O2S/c1-3-14-12(15)7-8-17(16)11-6-4-5-10(13)9(11)2/h4-6H,3,7-8,13H2,1-2H3,(H,14,15). The van der Waals surface area contributed by atoms with Crippen molar-refractivity contribution < 1.29 is 9.00 Å². The molecular formula is C12H18N2O2S. The van der Waals surface area contributed by atoms with Gasteiger partial charge in [-0.15, -0.1) is 0 Å². The number of nitrogens with one attached hydrogen (secondary N) is 1. The predicted molar refractivity (Wildman–Crippen MR) is 70.2 cm³/mol. The van der Waals surface area contributed by atoms with Gasteiger partial charge >= 0.3 is 0 Å². The van der Waals surface area contributed by atoms with Crippen molar-refractivity contribution in [3.8, 4) is 0 Å². The second-order valence-corrected chi connectivity index (χ2v) is 5.26. The lowest BCUT2D eigenvalue weighted by Crippen LogP contribution is -2.24. The zero-order valence-corrected chi connectivity index (χ0v) is 11.0. The van der Waals surface area contributed by atoms with Crippen LogP contribution in [-0.2, 0) is 15.6 Å². The Morgan fingerprint density at radius 2 is 2.18 bits per heavy atom. The van der Waals surface area contributed by atoms with Gasteiger partial charge in [-0.1, -0.05) is 6.07 Å². The smallest absolute Gasteiger partial charge is 0.220 e. The quantitative estimate of drug-likeness (QED) is 0.776. The maximum Gasteiger partial charge on any atom is 0.220 e. The predicted octanol–water partition coefficient (Wildman–Crippen LogP) is 1.21. The molecule has 0 radical (unpaired) electrons. The number of benzene rings is 1. The molecule has 0 spiro atoms. The second-order valence-electron chi connectivity index (χ2n) is 3.72. The minimum atomic E-state index is -1.17. The molecule has 0 saturated heterocycles. The van der Waals surface area contributed by atoms with E-state index in [1.54, 1.807) is 18.2 Å². The highest BCUT2D eigenvalue weighted by Crippen LogP contribution is 2.19. The molecule has 0 heterocycles. The summed E-state index contributed by atoms with van der Waals surface area (Å²) >= 11 is 0. The van der Waals surface area contributed by atoms with Gasteiger partial charge in [0.25, 0.3) is 0 Å². The first kappa shape index (κ1) is 13.7. The number of amides is 1. The molecule has 1 aromatic rings. The molecule has 1 rings (SSSR count). The normalized spacial score (nSPS) is 12.1. The van der Waals surface area contributed by atoms with E-state index in [-0.39, 0.29) is 12.3 Å². The summed E-state index contributed by atoms with van der Waals surface area (Å²) in [6.45, 7) is 4.30. The van der Waals surface area contributed by atoms with E-state index in [1.807, 2.05) is 13.8 Å². The maximum atomic E-state index is 12.0. The summed E-state index contributed by atoms with van der Waals surface area (Å²) in [7, 11) is -1.17. The average Bonchev–Trinajstić information content (AvgIpc) is 2.30. The Morgan fingerprint density at radius 3 is 2.82 bits per heavy atom. The Hall–Kier alpha value is -1.36. The molecule has 1 amide bonds. The Bertz CT molecular complexity index is 433. The number of carbonyl (C=O) groups excluding carboxylic acids is 1. The molecule has 0 aliphatic rings. The topological polar surface area (TPSA) is 72.2 Å². The van der Waals surface area contributed by atoms with Crippen molar-refractivity contribution in [3.05, 3.63) is 23.8 Å². The van der Waals surface area contributed by atoms with E-state index in [0.717, 1.165) is 5.56 Å². The Morgan fingerprint density at radius 1 is 1.47 bits per heavy atom. The third-order valence-electron chi connectivity index (χ3n) is 2.46. The van der Waals surface area contributed by atoms with Gasteiger partial charge in [0.2, 0.25) is 5.91 Å². The number of rotatable bonds is 5.